The summed E-state index contributed by atoms with van der Waals surface area (Å²) >= 11 is 0. The van der Waals surface area contributed by atoms with E-state index in [0.717, 1.165) is 55.4 Å². The van der Waals surface area contributed by atoms with E-state index in [9.17, 15) is 4.39 Å². The fourth-order valence-corrected chi connectivity index (χ4v) is 6.69. The van der Waals surface area contributed by atoms with Crippen molar-refractivity contribution < 1.29 is 13.2 Å². The molecule has 0 radical (unpaired) electrons. The van der Waals surface area contributed by atoms with Crippen molar-refractivity contribution in [2.75, 3.05) is 0 Å². The largest absolute Gasteiger partial charge is 0.455 e. The summed E-state index contributed by atoms with van der Waals surface area (Å²) in [7, 11) is 0. The first-order valence-electron chi connectivity index (χ1n) is 15.8. The fraction of sp³-hybridized carbons (Fsp3) is 0. The van der Waals surface area contributed by atoms with E-state index in [1.54, 1.807) is 18.2 Å². The molecule has 228 valence electrons. The lowest BCUT2D eigenvalue weighted by Gasteiger charge is -2.13. The van der Waals surface area contributed by atoms with Gasteiger partial charge in [-0.2, -0.15) is 0 Å². The highest BCUT2D eigenvalue weighted by molar-refractivity contribution is 6.16. The van der Waals surface area contributed by atoms with Gasteiger partial charge < -0.3 is 4.42 Å². The maximum atomic E-state index is 15.7. The van der Waals surface area contributed by atoms with Crippen molar-refractivity contribution in [3.05, 3.63) is 169 Å². The van der Waals surface area contributed by atoms with Gasteiger partial charge in [-0.15, -0.1) is 0 Å². The number of hydrogen-bond acceptors (Lipinski definition) is 2. The Kier molecular flexibility index (Phi) is 6.51. The summed E-state index contributed by atoms with van der Waals surface area (Å²) in [5.41, 5.74) is 9.78. The Bertz CT molecular complexity index is 2600. The van der Waals surface area contributed by atoms with Crippen LogP contribution in [0.15, 0.2) is 162 Å². The molecule has 0 unspecified atom stereocenters. The standard InChI is InChI=1S/C43H26F2N2O/c44-32-19-14-30(15-20-32)34-24-25-36(42-40(34)35-23-18-31(26-39(35)48-42)28-10-5-2-6-11-28)43-46-38-13-7-12-37(45)41(38)47(43)33-21-16-29(17-22-33)27-8-3-1-4-9-27/h1-26H. The van der Waals surface area contributed by atoms with Crippen LogP contribution in [0, 0.1) is 11.6 Å². The summed E-state index contributed by atoms with van der Waals surface area (Å²) in [6.07, 6.45) is 0. The Labute approximate surface area is 275 Å². The molecule has 0 N–H and O–H groups in total. The molecule has 2 heterocycles. The van der Waals surface area contributed by atoms with Gasteiger partial charge in [0.15, 0.2) is 0 Å². The van der Waals surface area contributed by atoms with E-state index in [1.807, 2.05) is 89.5 Å². The van der Waals surface area contributed by atoms with Crippen LogP contribution in [-0.2, 0) is 0 Å². The zero-order chi connectivity index (χ0) is 32.2. The van der Waals surface area contributed by atoms with Gasteiger partial charge in [0.2, 0.25) is 0 Å². The average Bonchev–Trinajstić information content (AvgIpc) is 3.72. The van der Waals surface area contributed by atoms with Gasteiger partial charge >= 0.3 is 0 Å². The van der Waals surface area contributed by atoms with Crippen molar-refractivity contribution in [3.63, 3.8) is 0 Å². The highest BCUT2D eigenvalue weighted by Crippen LogP contribution is 2.44. The Morgan fingerprint density at radius 1 is 0.521 bits per heavy atom. The number of rotatable bonds is 5. The third-order valence-corrected chi connectivity index (χ3v) is 8.98. The lowest BCUT2D eigenvalue weighted by molar-refractivity contribution is 0.628. The van der Waals surface area contributed by atoms with Crippen molar-refractivity contribution in [1.82, 2.24) is 9.55 Å². The van der Waals surface area contributed by atoms with Crippen LogP contribution >= 0.6 is 0 Å². The third-order valence-electron chi connectivity index (χ3n) is 8.98. The molecule has 9 rings (SSSR count). The number of nitrogens with zero attached hydrogens (tertiary/aromatic N) is 2. The van der Waals surface area contributed by atoms with Crippen LogP contribution in [0.3, 0.4) is 0 Å². The maximum absolute atomic E-state index is 15.7. The molecule has 0 atom stereocenters. The summed E-state index contributed by atoms with van der Waals surface area (Å²) in [6.45, 7) is 0. The molecule has 0 spiro atoms. The van der Waals surface area contributed by atoms with Gasteiger partial charge in [-0.25, -0.2) is 13.8 Å². The van der Waals surface area contributed by atoms with E-state index in [2.05, 4.69) is 36.4 Å². The van der Waals surface area contributed by atoms with Crippen LogP contribution in [0.25, 0.3) is 83.4 Å². The van der Waals surface area contributed by atoms with Crippen LogP contribution in [0.5, 0.6) is 0 Å². The van der Waals surface area contributed by atoms with Crippen molar-refractivity contribution >= 4 is 33.0 Å². The monoisotopic (exact) mass is 624 g/mol. The molecule has 9 aromatic rings. The summed E-state index contributed by atoms with van der Waals surface area (Å²) < 4.78 is 38.3. The van der Waals surface area contributed by atoms with Gasteiger partial charge in [-0.3, -0.25) is 4.57 Å². The number of para-hydroxylation sites is 1. The molecule has 0 saturated heterocycles. The van der Waals surface area contributed by atoms with Crippen LogP contribution < -0.4 is 0 Å². The topological polar surface area (TPSA) is 31.0 Å². The lowest BCUT2D eigenvalue weighted by atomic mass is 9.96. The second kappa shape index (κ2) is 11.2. The Morgan fingerprint density at radius 3 is 1.88 bits per heavy atom. The van der Waals surface area contributed by atoms with E-state index in [4.69, 9.17) is 9.40 Å². The molecule has 2 aromatic heterocycles. The molecule has 0 aliphatic rings. The SMILES string of the molecule is Fc1ccc(-c2ccc(-c3nc4cccc(F)c4n3-c3ccc(-c4ccccc4)cc3)c3oc4cc(-c5ccccc5)ccc4c23)cc1. The van der Waals surface area contributed by atoms with Crippen LogP contribution in [0.2, 0.25) is 0 Å². The normalized spacial score (nSPS) is 11.5. The van der Waals surface area contributed by atoms with Gasteiger partial charge in [0.05, 0.1) is 11.1 Å². The molecule has 7 aromatic carbocycles. The Hall–Kier alpha value is -6.33. The van der Waals surface area contributed by atoms with E-state index < -0.39 is 0 Å². The average molecular weight is 625 g/mol. The molecule has 0 fully saturated rings. The van der Waals surface area contributed by atoms with E-state index in [-0.39, 0.29) is 11.6 Å². The van der Waals surface area contributed by atoms with Crippen molar-refractivity contribution in [3.8, 4) is 50.5 Å². The predicted octanol–water partition coefficient (Wildman–Crippen LogP) is 11.9. The van der Waals surface area contributed by atoms with Gasteiger partial charge in [0, 0.05) is 16.5 Å². The first-order valence-corrected chi connectivity index (χ1v) is 15.8. The molecule has 5 heteroatoms. The molecule has 3 nitrogen and oxygen atoms in total. The molecule has 0 bridgehead atoms. The second-order valence-corrected chi connectivity index (χ2v) is 11.8. The van der Waals surface area contributed by atoms with Crippen molar-refractivity contribution in [1.29, 1.82) is 0 Å². The summed E-state index contributed by atoms with van der Waals surface area (Å²) in [4.78, 5) is 5.01. The molecule has 0 amide bonds. The Morgan fingerprint density at radius 2 is 1.15 bits per heavy atom. The number of aromatic nitrogens is 2. The molecule has 0 saturated carbocycles. The van der Waals surface area contributed by atoms with E-state index >= 15 is 4.39 Å². The van der Waals surface area contributed by atoms with E-state index in [0.29, 0.717) is 28.0 Å². The van der Waals surface area contributed by atoms with Gasteiger partial charge in [0.25, 0.3) is 0 Å². The molecular weight excluding hydrogens is 598 g/mol. The van der Waals surface area contributed by atoms with Gasteiger partial charge in [-0.1, -0.05) is 103 Å². The number of benzene rings is 7. The minimum Gasteiger partial charge on any atom is -0.455 e. The quantitative estimate of drug-likeness (QED) is 0.191. The molecule has 48 heavy (non-hydrogen) atoms. The zero-order valence-electron chi connectivity index (χ0n) is 25.6. The van der Waals surface area contributed by atoms with Crippen LogP contribution in [0.4, 0.5) is 8.78 Å². The second-order valence-electron chi connectivity index (χ2n) is 11.8. The van der Waals surface area contributed by atoms with Gasteiger partial charge in [-0.05, 0) is 88.0 Å². The van der Waals surface area contributed by atoms with Gasteiger partial charge in [0.1, 0.15) is 34.1 Å². The number of imidazole rings is 1. The maximum Gasteiger partial charge on any atom is 0.149 e. The predicted molar refractivity (Wildman–Crippen MR) is 190 cm³/mol. The third kappa shape index (κ3) is 4.59. The minimum absolute atomic E-state index is 0.301. The van der Waals surface area contributed by atoms with Crippen molar-refractivity contribution in [2.24, 2.45) is 0 Å². The Balaban J connectivity index is 1.31. The molecule has 0 aliphatic heterocycles. The molecule has 0 aliphatic carbocycles. The first-order chi connectivity index (χ1) is 23.6. The van der Waals surface area contributed by atoms with Crippen molar-refractivity contribution in [2.45, 2.75) is 0 Å². The van der Waals surface area contributed by atoms with Crippen LogP contribution in [0.1, 0.15) is 0 Å². The van der Waals surface area contributed by atoms with Crippen LogP contribution in [-0.4, -0.2) is 9.55 Å². The highest BCUT2D eigenvalue weighted by atomic mass is 19.1. The summed E-state index contributed by atoms with van der Waals surface area (Å²) in [5.74, 6) is -0.111. The van der Waals surface area contributed by atoms with E-state index in [1.165, 1.54) is 18.2 Å². The smallest absolute Gasteiger partial charge is 0.149 e. The number of halogens is 2. The first kappa shape index (κ1) is 27.9. The summed E-state index contributed by atoms with van der Waals surface area (Å²) in [6, 6.07) is 50.0. The lowest BCUT2D eigenvalue weighted by Crippen LogP contribution is -1.99. The zero-order valence-corrected chi connectivity index (χ0v) is 25.6. The highest BCUT2D eigenvalue weighted by Gasteiger charge is 2.24. The summed E-state index contributed by atoms with van der Waals surface area (Å²) in [5, 5.41) is 1.80. The number of hydrogen-bond donors (Lipinski definition) is 0. The molecular formula is C43H26F2N2O. The number of fused-ring (bicyclic) bond motifs is 4. The number of furan rings is 1. The minimum atomic E-state index is -0.366. The fourth-order valence-electron chi connectivity index (χ4n) is 6.69.